The van der Waals surface area contributed by atoms with E-state index in [1.165, 1.54) is 6.26 Å². The Hall–Kier alpha value is -3.82. The van der Waals surface area contributed by atoms with E-state index in [2.05, 4.69) is 30.5 Å². The Kier molecular flexibility index (Phi) is 3.14. The highest BCUT2D eigenvalue weighted by molar-refractivity contribution is 5.84. The summed E-state index contributed by atoms with van der Waals surface area (Å²) in [6.07, 6.45) is 9.01. The molecule has 1 aliphatic carbocycles. The van der Waals surface area contributed by atoms with E-state index in [4.69, 9.17) is 9.26 Å². The summed E-state index contributed by atoms with van der Waals surface area (Å²) in [5.41, 5.74) is 2.96. The molecule has 0 saturated heterocycles. The number of nitrogens with zero attached hydrogens (tertiary/aromatic N) is 8. The summed E-state index contributed by atoms with van der Waals surface area (Å²) in [5, 5.41) is 21.0. The molecule has 10 heteroatoms. The molecular weight excluding hydrogens is 336 g/mol. The summed E-state index contributed by atoms with van der Waals surface area (Å²) in [5.74, 6) is 1.48. The Labute approximate surface area is 146 Å². The van der Waals surface area contributed by atoms with Crippen molar-refractivity contribution in [3.05, 3.63) is 54.3 Å². The third kappa shape index (κ3) is 2.35. The standard InChI is InChI=1S/C16H12N8O2/c1-23-9-17-13(20-23)8-25-16-11(10-3-2-4-10)7-14-18-19-15(24(14)21-16)12-5-6-26-22-12/h2-7,9H,8H2,1H3. The van der Waals surface area contributed by atoms with Crippen LogP contribution >= 0.6 is 0 Å². The van der Waals surface area contributed by atoms with Gasteiger partial charge in [0.15, 0.2) is 23.8 Å². The first-order chi connectivity index (χ1) is 12.8. The highest BCUT2D eigenvalue weighted by Gasteiger charge is 2.19. The first kappa shape index (κ1) is 14.5. The van der Waals surface area contributed by atoms with Crippen LogP contribution in [-0.2, 0) is 13.7 Å². The van der Waals surface area contributed by atoms with Crippen molar-refractivity contribution in [3.63, 3.8) is 0 Å². The molecule has 128 valence electrons. The number of aryl methyl sites for hydroxylation is 1. The second-order valence-electron chi connectivity index (χ2n) is 5.65. The SMILES string of the molecule is Cn1cnc(COc2nn3c(-c4ccon4)nnc3cc2C2=CC=C2)n1. The Morgan fingerprint density at radius 2 is 2.15 bits per heavy atom. The fraction of sp³-hybridized carbons (Fsp3) is 0.125. The molecule has 4 heterocycles. The third-order valence-corrected chi connectivity index (χ3v) is 3.87. The number of ether oxygens (including phenoxy) is 1. The zero-order valence-corrected chi connectivity index (χ0v) is 13.6. The molecule has 4 aromatic rings. The number of aromatic nitrogens is 8. The van der Waals surface area contributed by atoms with Crippen LogP contribution < -0.4 is 4.74 Å². The minimum absolute atomic E-state index is 0.199. The van der Waals surface area contributed by atoms with Gasteiger partial charge in [-0.2, -0.15) is 9.61 Å². The monoisotopic (exact) mass is 348 g/mol. The Balaban J connectivity index is 1.57. The number of hydrogen-bond donors (Lipinski definition) is 0. The summed E-state index contributed by atoms with van der Waals surface area (Å²) in [6.45, 7) is 0.199. The van der Waals surface area contributed by atoms with Crippen LogP contribution in [0.3, 0.4) is 0 Å². The summed E-state index contributed by atoms with van der Waals surface area (Å²) in [4.78, 5) is 4.17. The van der Waals surface area contributed by atoms with Crippen LogP contribution in [0.15, 0.2) is 47.5 Å². The van der Waals surface area contributed by atoms with Gasteiger partial charge in [0.05, 0.1) is 0 Å². The van der Waals surface area contributed by atoms with Crippen molar-refractivity contribution in [1.29, 1.82) is 0 Å². The topological polar surface area (TPSA) is 109 Å². The van der Waals surface area contributed by atoms with Crippen LogP contribution in [0.5, 0.6) is 5.88 Å². The van der Waals surface area contributed by atoms with Crippen molar-refractivity contribution in [3.8, 4) is 17.4 Å². The number of hydrogen-bond acceptors (Lipinski definition) is 8. The number of fused-ring (bicyclic) bond motifs is 1. The lowest BCUT2D eigenvalue weighted by Gasteiger charge is -2.13. The van der Waals surface area contributed by atoms with Gasteiger partial charge >= 0.3 is 0 Å². The molecule has 0 spiro atoms. The third-order valence-electron chi connectivity index (χ3n) is 3.87. The van der Waals surface area contributed by atoms with Crippen molar-refractivity contribution < 1.29 is 9.26 Å². The van der Waals surface area contributed by atoms with Crippen molar-refractivity contribution in [2.24, 2.45) is 7.05 Å². The lowest BCUT2D eigenvalue weighted by atomic mass is 10.0. The maximum atomic E-state index is 5.90. The number of allylic oxidation sites excluding steroid dienone is 4. The van der Waals surface area contributed by atoms with Gasteiger partial charge in [-0.25, -0.2) is 4.98 Å². The van der Waals surface area contributed by atoms with Crippen LogP contribution in [0, 0.1) is 0 Å². The minimum atomic E-state index is 0.199. The van der Waals surface area contributed by atoms with E-state index in [9.17, 15) is 0 Å². The van der Waals surface area contributed by atoms with Crippen LogP contribution in [0.4, 0.5) is 0 Å². The molecule has 0 saturated carbocycles. The molecule has 0 amide bonds. The molecule has 0 aliphatic heterocycles. The fourth-order valence-corrected chi connectivity index (χ4v) is 2.57. The van der Waals surface area contributed by atoms with Gasteiger partial charge < -0.3 is 9.26 Å². The van der Waals surface area contributed by atoms with E-state index in [0.29, 0.717) is 28.9 Å². The van der Waals surface area contributed by atoms with Crippen molar-refractivity contribution in [1.82, 2.24) is 39.7 Å². The summed E-state index contributed by atoms with van der Waals surface area (Å²) in [7, 11) is 1.80. The number of rotatable bonds is 5. The van der Waals surface area contributed by atoms with Crippen LogP contribution in [0.1, 0.15) is 11.4 Å². The highest BCUT2D eigenvalue weighted by atomic mass is 16.5. The van der Waals surface area contributed by atoms with Gasteiger partial charge in [-0.15, -0.1) is 15.3 Å². The average Bonchev–Trinajstić information content (AvgIpc) is 3.31. The molecule has 1 aliphatic rings. The van der Waals surface area contributed by atoms with Gasteiger partial charge in [0.2, 0.25) is 11.7 Å². The van der Waals surface area contributed by atoms with E-state index in [1.807, 2.05) is 24.3 Å². The second-order valence-corrected chi connectivity index (χ2v) is 5.65. The molecule has 0 aromatic carbocycles. The molecule has 0 unspecified atom stereocenters. The smallest absolute Gasteiger partial charge is 0.240 e. The van der Waals surface area contributed by atoms with Crippen LogP contribution in [0.25, 0.3) is 22.7 Å². The summed E-state index contributed by atoms with van der Waals surface area (Å²) in [6, 6.07) is 3.57. The average molecular weight is 348 g/mol. The minimum Gasteiger partial charge on any atom is -0.468 e. The van der Waals surface area contributed by atoms with Gasteiger partial charge in [0.1, 0.15) is 12.6 Å². The quantitative estimate of drug-likeness (QED) is 0.533. The van der Waals surface area contributed by atoms with Gasteiger partial charge in [-0.1, -0.05) is 23.4 Å². The van der Waals surface area contributed by atoms with Crippen molar-refractivity contribution in [2.75, 3.05) is 0 Å². The maximum Gasteiger partial charge on any atom is 0.240 e. The lowest BCUT2D eigenvalue weighted by Crippen LogP contribution is -2.07. The van der Waals surface area contributed by atoms with Gasteiger partial charge in [0.25, 0.3) is 0 Å². The molecule has 10 nitrogen and oxygen atoms in total. The predicted octanol–water partition coefficient (Wildman–Crippen LogP) is 1.44. The molecular formula is C16H12N8O2. The maximum absolute atomic E-state index is 5.90. The van der Waals surface area contributed by atoms with Gasteiger partial charge in [-0.05, 0) is 11.6 Å². The molecule has 26 heavy (non-hydrogen) atoms. The Morgan fingerprint density at radius 1 is 1.23 bits per heavy atom. The predicted molar refractivity (Wildman–Crippen MR) is 88.7 cm³/mol. The molecule has 5 rings (SSSR count). The first-order valence-corrected chi connectivity index (χ1v) is 7.81. The molecule has 0 bridgehead atoms. The normalized spacial score (nSPS) is 13.0. The second kappa shape index (κ2) is 5.62. The van der Waals surface area contributed by atoms with Crippen LogP contribution in [0.2, 0.25) is 0 Å². The molecule has 0 atom stereocenters. The zero-order chi connectivity index (χ0) is 17.5. The Bertz CT molecular complexity index is 1150. The van der Waals surface area contributed by atoms with Crippen molar-refractivity contribution in [2.45, 2.75) is 6.61 Å². The molecule has 0 radical (unpaired) electrons. The summed E-state index contributed by atoms with van der Waals surface area (Å²) >= 11 is 0. The van der Waals surface area contributed by atoms with Crippen molar-refractivity contribution >= 4 is 11.2 Å². The van der Waals surface area contributed by atoms with Gasteiger partial charge in [0, 0.05) is 18.7 Å². The fourth-order valence-electron chi connectivity index (χ4n) is 2.57. The zero-order valence-electron chi connectivity index (χ0n) is 13.6. The van der Waals surface area contributed by atoms with E-state index in [0.717, 1.165) is 11.1 Å². The summed E-state index contributed by atoms with van der Waals surface area (Å²) < 4.78 is 14.0. The van der Waals surface area contributed by atoms with E-state index in [-0.39, 0.29) is 6.61 Å². The van der Waals surface area contributed by atoms with E-state index >= 15 is 0 Å². The van der Waals surface area contributed by atoms with Crippen LogP contribution in [-0.4, -0.2) is 39.7 Å². The van der Waals surface area contributed by atoms with Gasteiger partial charge in [-0.3, -0.25) is 4.68 Å². The first-order valence-electron chi connectivity index (χ1n) is 7.81. The van der Waals surface area contributed by atoms with E-state index in [1.54, 1.807) is 28.6 Å². The molecule has 0 fully saturated rings. The lowest BCUT2D eigenvalue weighted by molar-refractivity contribution is 0.278. The largest absolute Gasteiger partial charge is 0.468 e. The van der Waals surface area contributed by atoms with E-state index < -0.39 is 0 Å². The molecule has 4 aromatic heterocycles. The molecule has 0 N–H and O–H groups in total. The Morgan fingerprint density at radius 3 is 2.85 bits per heavy atom. The highest BCUT2D eigenvalue weighted by Crippen LogP contribution is 2.31.